The molecule has 6 nitrogen and oxygen atoms in total. The molecule has 1 atom stereocenters. The van der Waals surface area contributed by atoms with Crippen LogP contribution in [-0.2, 0) is 4.79 Å². The van der Waals surface area contributed by atoms with E-state index in [1.807, 2.05) is 6.92 Å². The van der Waals surface area contributed by atoms with Crippen LogP contribution in [0.2, 0.25) is 0 Å². The summed E-state index contributed by atoms with van der Waals surface area (Å²) in [4.78, 5) is 11.4. The molecular weight excluding hydrogens is 258 g/mol. The number of nitrogens with two attached hydrogens (primary N) is 1. The topological polar surface area (TPSA) is 108 Å². The van der Waals surface area contributed by atoms with Crippen LogP contribution in [0.1, 0.15) is 12.5 Å². The first-order valence-corrected chi connectivity index (χ1v) is 6.45. The van der Waals surface area contributed by atoms with Crippen molar-refractivity contribution >= 4 is 23.4 Å². The monoisotopic (exact) mass is 279 g/mol. The van der Waals surface area contributed by atoms with Crippen molar-refractivity contribution in [2.75, 3.05) is 30.7 Å². The molecular formula is C14H21N3O3. The number of rotatable bonds is 7. The van der Waals surface area contributed by atoms with Crippen molar-refractivity contribution in [1.82, 2.24) is 5.32 Å². The summed E-state index contributed by atoms with van der Waals surface area (Å²) >= 11 is 0. The van der Waals surface area contributed by atoms with E-state index in [0.717, 1.165) is 11.3 Å². The van der Waals surface area contributed by atoms with E-state index in [9.17, 15) is 9.90 Å². The zero-order chi connectivity index (χ0) is 15.0. The van der Waals surface area contributed by atoms with Gasteiger partial charge in [-0.3, -0.25) is 4.79 Å². The maximum Gasteiger partial charge on any atom is 0.243 e. The van der Waals surface area contributed by atoms with Gasteiger partial charge in [0.05, 0.1) is 12.7 Å². The smallest absolute Gasteiger partial charge is 0.243 e. The van der Waals surface area contributed by atoms with E-state index in [-0.39, 0.29) is 19.1 Å². The molecule has 0 aliphatic rings. The predicted molar refractivity (Wildman–Crippen MR) is 80.2 cm³/mol. The lowest BCUT2D eigenvalue weighted by Gasteiger charge is -2.13. The lowest BCUT2D eigenvalue weighted by Crippen LogP contribution is -2.23. The van der Waals surface area contributed by atoms with E-state index in [1.165, 1.54) is 6.08 Å². The molecule has 6 heteroatoms. The van der Waals surface area contributed by atoms with Gasteiger partial charge in [0.1, 0.15) is 0 Å². The molecule has 0 radical (unpaired) electrons. The Hall–Kier alpha value is -2.05. The average Bonchev–Trinajstić information content (AvgIpc) is 2.44. The highest BCUT2D eigenvalue weighted by Gasteiger charge is 2.05. The second-order valence-corrected chi connectivity index (χ2v) is 4.29. The summed E-state index contributed by atoms with van der Waals surface area (Å²) in [6, 6.07) is 5.21. The molecule has 110 valence electrons. The number of aliphatic hydroxyl groups excluding tert-OH is 2. The fourth-order valence-electron chi connectivity index (χ4n) is 1.57. The number of hydrogen-bond acceptors (Lipinski definition) is 5. The van der Waals surface area contributed by atoms with Gasteiger partial charge in [0.2, 0.25) is 5.91 Å². The van der Waals surface area contributed by atoms with Crippen LogP contribution in [0.4, 0.5) is 11.4 Å². The molecule has 0 heterocycles. The highest BCUT2D eigenvalue weighted by molar-refractivity contribution is 5.92. The predicted octanol–water partition coefficient (Wildman–Crippen LogP) is 0.183. The van der Waals surface area contributed by atoms with Gasteiger partial charge in [0.25, 0.3) is 0 Å². The van der Waals surface area contributed by atoms with E-state index >= 15 is 0 Å². The molecule has 0 aliphatic carbocycles. The summed E-state index contributed by atoms with van der Waals surface area (Å²) < 4.78 is 0. The Morgan fingerprint density at radius 2 is 2.25 bits per heavy atom. The average molecular weight is 279 g/mol. The molecule has 1 aromatic carbocycles. The summed E-state index contributed by atoms with van der Waals surface area (Å²) in [6.45, 7) is 2.30. The van der Waals surface area contributed by atoms with Crippen LogP contribution in [0, 0.1) is 0 Å². The second kappa shape index (κ2) is 8.19. The van der Waals surface area contributed by atoms with Crippen molar-refractivity contribution < 1.29 is 15.0 Å². The van der Waals surface area contributed by atoms with Gasteiger partial charge in [-0.2, -0.15) is 0 Å². The van der Waals surface area contributed by atoms with Crippen LogP contribution in [0.5, 0.6) is 0 Å². The van der Waals surface area contributed by atoms with Crippen molar-refractivity contribution in [2.45, 2.75) is 13.0 Å². The minimum Gasteiger partial charge on any atom is -0.399 e. The van der Waals surface area contributed by atoms with E-state index in [1.54, 1.807) is 24.3 Å². The number of carbonyl (C=O) groups excluding carboxylic acids is 1. The Morgan fingerprint density at radius 3 is 2.90 bits per heavy atom. The molecule has 1 rings (SSSR count). The molecule has 1 unspecified atom stereocenters. The van der Waals surface area contributed by atoms with Crippen LogP contribution < -0.4 is 16.4 Å². The fraction of sp³-hybridized carbons (Fsp3) is 0.357. The van der Waals surface area contributed by atoms with Gasteiger partial charge in [-0.15, -0.1) is 0 Å². The first kappa shape index (κ1) is 16.0. The van der Waals surface area contributed by atoms with Crippen LogP contribution in [0.25, 0.3) is 6.08 Å². The number of benzene rings is 1. The fourth-order valence-corrected chi connectivity index (χ4v) is 1.57. The van der Waals surface area contributed by atoms with Crippen molar-refractivity contribution in [3.63, 3.8) is 0 Å². The molecule has 1 aromatic rings. The van der Waals surface area contributed by atoms with Gasteiger partial charge in [0.15, 0.2) is 0 Å². The van der Waals surface area contributed by atoms with E-state index in [2.05, 4.69) is 10.6 Å². The third-order valence-electron chi connectivity index (χ3n) is 2.58. The molecule has 0 fully saturated rings. The Balaban J connectivity index is 2.82. The Kier molecular flexibility index (Phi) is 6.55. The number of aliphatic hydroxyl groups is 2. The first-order chi connectivity index (χ1) is 9.56. The van der Waals surface area contributed by atoms with Crippen molar-refractivity contribution in [1.29, 1.82) is 0 Å². The van der Waals surface area contributed by atoms with E-state index < -0.39 is 6.10 Å². The zero-order valence-electron chi connectivity index (χ0n) is 11.5. The minimum absolute atomic E-state index is 0.184. The third-order valence-corrected chi connectivity index (χ3v) is 2.58. The number of hydrogen-bond donors (Lipinski definition) is 5. The first-order valence-electron chi connectivity index (χ1n) is 6.45. The standard InChI is InChI=1S/C14H21N3O3/c1-2-16-14(20)6-3-10-7-11(15)4-5-13(10)17-8-12(19)9-18/h3-7,12,17-19H,2,8-9,15H2,1H3,(H,16,20). The second-order valence-electron chi connectivity index (χ2n) is 4.29. The number of anilines is 2. The normalized spacial score (nSPS) is 12.3. The summed E-state index contributed by atoms with van der Waals surface area (Å²) in [5.74, 6) is -0.184. The van der Waals surface area contributed by atoms with Crippen LogP contribution in [0.15, 0.2) is 24.3 Å². The van der Waals surface area contributed by atoms with Crippen molar-refractivity contribution in [3.8, 4) is 0 Å². The number of nitrogens with one attached hydrogen (secondary N) is 2. The van der Waals surface area contributed by atoms with Crippen molar-refractivity contribution in [3.05, 3.63) is 29.8 Å². The molecule has 0 aromatic heterocycles. The molecule has 0 saturated heterocycles. The van der Waals surface area contributed by atoms with Crippen LogP contribution >= 0.6 is 0 Å². The minimum atomic E-state index is -0.840. The van der Waals surface area contributed by atoms with Crippen molar-refractivity contribution in [2.24, 2.45) is 0 Å². The van der Waals surface area contributed by atoms with Gasteiger partial charge in [-0.25, -0.2) is 0 Å². The molecule has 0 saturated carbocycles. The largest absolute Gasteiger partial charge is 0.399 e. The lowest BCUT2D eigenvalue weighted by atomic mass is 10.1. The summed E-state index contributed by atoms with van der Waals surface area (Å²) in [7, 11) is 0. The van der Waals surface area contributed by atoms with Gasteiger partial charge < -0.3 is 26.6 Å². The number of amides is 1. The highest BCUT2D eigenvalue weighted by Crippen LogP contribution is 2.20. The van der Waals surface area contributed by atoms with Gasteiger partial charge in [0, 0.05) is 30.5 Å². The van der Waals surface area contributed by atoms with Gasteiger partial charge in [-0.05, 0) is 36.8 Å². The van der Waals surface area contributed by atoms with E-state index in [0.29, 0.717) is 12.2 Å². The molecule has 20 heavy (non-hydrogen) atoms. The Morgan fingerprint density at radius 1 is 1.50 bits per heavy atom. The van der Waals surface area contributed by atoms with Crippen LogP contribution in [-0.4, -0.2) is 41.9 Å². The summed E-state index contributed by atoms with van der Waals surface area (Å²) in [5.41, 5.74) is 7.77. The number of likely N-dealkylation sites (N-methyl/N-ethyl adjacent to an activating group) is 1. The molecule has 1 amide bonds. The zero-order valence-corrected chi connectivity index (χ0v) is 11.5. The SMILES string of the molecule is CCNC(=O)C=Cc1cc(N)ccc1NCC(O)CO. The van der Waals surface area contributed by atoms with Gasteiger partial charge >= 0.3 is 0 Å². The Bertz CT molecular complexity index is 475. The summed E-state index contributed by atoms with van der Waals surface area (Å²) in [5, 5.41) is 23.8. The molecule has 0 bridgehead atoms. The quantitative estimate of drug-likeness (QED) is 0.361. The maximum absolute atomic E-state index is 11.4. The van der Waals surface area contributed by atoms with E-state index in [4.69, 9.17) is 10.8 Å². The maximum atomic E-state index is 11.4. The van der Waals surface area contributed by atoms with Crippen LogP contribution in [0.3, 0.4) is 0 Å². The third kappa shape index (κ3) is 5.29. The number of nitrogen functional groups attached to an aromatic ring is 1. The molecule has 0 aliphatic heterocycles. The van der Waals surface area contributed by atoms with Gasteiger partial charge in [-0.1, -0.05) is 0 Å². The molecule has 0 spiro atoms. The Labute approximate surface area is 118 Å². The summed E-state index contributed by atoms with van der Waals surface area (Å²) in [6.07, 6.45) is 2.23. The molecule has 6 N–H and O–H groups in total. The number of carbonyl (C=O) groups is 1. The highest BCUT2D eigenvalue weighted by atomic mass is 16.3. The lowest BCUT2D eigenvalue weighted by molar-refractivity contribution is -0.116.